The van der Waals surface area contributed by atoms with E-state index < -0.39 is 0 Å². The van der Waals surface area contributed by atoms with Gasteiger partial charge < -0.3 is 10.6 Å². The highest BCUT2D eigenvalue weighted by atomic mass is 32.1. The third-order valence-corrected chi connectivity index (χ3v) is 5.00. The molecule has 20 heavy (non-hydrogen) atoms. The van der Waals surface area contributed by atoms with Crippen molar-refractivity contribution in [2.75, 3.05) is 11.9 Å². The standard InChI is InChI=1S/C14H19N3O2S/c18-12(9-5-2-1-3-6-9)17-14-16-10-7-4-8-15-13(19)11(10)20-14/h9H,1-8H2,(H,15,19)(H,16,17,18). The second-order valence-electron chi connectivity index (χ2n) is 5.48. The van der Waals surface area contributed by atoms with E-state index in [-0.39, 0.29) is 17.7 Å². The molecule has 0 unspecified atom stereocenters. The van der Waals surface area contributed by atoms with Crippen LogP contribution in [0, 0.1) is 5.92 Å². The first-order chi connectivity index (χ1) is 9.74. The third-order valence-electron chi connectivity index (χ3n) is 3.99. The van der Waals surface area contributed by atoms with Crippen LogP contribution in [-0.2, 0) is 11.2 Å². The lowest BCUT2D eigenvalue weighted by molar-refractivity contribution is -0.120. The minimum absolute atomic E-state index is 0.0619. The zero-order valence-electron chi connectivity index (χ0n) is 11.4. The maximum Gasteiger partial charge on any atom is 0.263 e. The van der Waals surface area contributed by atoms with E-state index in [0.717, 1.165) is 44.2 Å². The van der Waals surface area contributed by atoms with Gasteiger partial charge in [0.2, 0.25) is 5.91 Å². The highest BCUT2D eigenvalue weighted by Gasteiger charge is 2.24. The number of rotatable bonds is 2. The molecule has 1 aliphatic carbocycles. The SMILES string of the molecule is O=C1NCCCc2nc(NC(=O)C3CCCCC3)sc21. The molecule has 0 radical (unpaired) electrons. The predicted octanol–water partition coefficient (Wildman–Crippen LogP) is 2.34. The molecule has 108 valence electrons. The first-order valence-corrected chi connectivity index (χ1v) is 8.14. The largest absolute Gasteiger partial charge is 0.351 e. The molecule has 0 bridgehead atoms. The molecule has 6 heteroatoms. The lowest BCUT2D eigenvalue weighted by Gasteiger charge is -2.19. The quantitative estimate of drug-likeness (QED) is 0.879. The van der Waals surface area contributed by atoms with Crippen molar-refractivity contribution >= 4 is 28.3 Å². The number of fused-ring (bicyclic) bond motifs is 1. The number of nitrogens with zero attached hydrogens (tertiary/aromatic N) is 1. The molecule has 2 amide bonds. The summed E-state index contributed by atoms with van der Waals surface area (Å²) in [6.45, 7) is 0.700. The molecule has 5 nitrogen and oxygen atoms in total. The van der Waals surface area contributed by atoms with Crippen molar-refractivity contribution in [3.05, 3.63) is 10.6 Å². The Balaban J connectivity index is 1.70. The summed E-state index contributed by atoms with van der Waals surface area (Å²) in [5.41, 5.74) is 0.823. The summed E-state index contributed by atoms with van der Waals surface area (Å²) in [7, 11) is 0. The van der Waals surface area contributed by atoms with Crippen molar-refractivity contribution in [1.29, 1.82) is 0 Å². The number of aromatic nitrogens is 1. The van der Waals surface area contributed by atoms with E-state index in [9.17, 15) is 9.59 Å². The van der Waals surface area contributed by atoms with Gasteiger partial charge in [0.25, 0.3) is 5.91 Å². The number of carbonyl (C=O) groups is 2. The average molecular weight is 293 g/mol. The summed E-state index contributed by atoms with van der Waals surface area (Å²) >= 11 is 1.29. The van der Waals surface area contributed by atoms with Crippen molar-refractivity contribution in [3.63, 3.8) is 0 Å². The van der Waals surface area contributed by atoms with Crippen LogP contribution in [0.4, 0.5) is 5.13 Å². The van der Waals surface area contributed by atoms with Crippen LogP contribution in [0.1, 0.15) is 53.9 Å². The van der Waals surface area contributed by atoms with Gasteiger partial charge in [-0.05, 0) is 25.7 Å². The minimum atomic E-state index is -0.0619. The molecule has 1 aromatic rings. The van der Waals surface area contributed by atoms with Gasteiger partial charge in [0, 0.05) is 12.5 Å². The number of thiazole rings is 1. The Labute approximate surface area is 122 Å². The fraction of sp³-hybridized carbons (Fsp3) is 0.643. The van der Waals surface area contributed by atoms with E-state index in [1.54, 1.807) is 0 Å². The van der Waals surface area contributed by atoms with Crippen LogP contribution >= 0.6 is 11.3 Å². The van der Waals surface area contributed by atoms with Gasteiger partial charge >= 0.3 is 0 Å². The number of amides is 2. The average Bonchev–Trinajstić information content (AvgIpc) is 2.79. The molecule has 1 aliphatic heterocycles. The molecule has 3 rings (SSSR count). The lowest BCUT2D eigenvalue weighted by Crippen LogP contribution is -2.24. The maximum atomic E-state index is 12.2. The van der Waals surface area contributed by atoms with Gasteiger partial charge in [-0.1, -0.05) is 30.6 Å². The second kappa shape index (κ2) is 5.91. The van der Waals surface area contributed by atoms with Crippen LogP contribution in [0.25, 0.3) is 0 Å². The Morgan fingerprint density at radius 1 is 1.25 bits per heavy atom. The Bertz CT molecular complexity index is 520. The highest BCUT2D eigenvalue weighted by molar-refractivity contribution is 7.17. The Morgan fingerprint density at radius 2 is 2.05 bits per heavy atom. The zero-order chi connectivity index (χ0) is 13.9. The first-order valence-electron chi connectivity index (χ1n) is 7.33. The lowest BCUT2D eigenvalue weighted by atomic mass is 9.89. The molecule has 1 saturated carbocycles. The molecule has 0 saturated heterocycles. The van der Waals surface area contributed by atoms with Gasteiger partial charge in [0.15, 0.2) is 5.13 Å². The van der Waals surface area contributed by atoms with Gasteiger partial charge in [0.1, 0.15) is 4.88 Å². The second-order valence-corrected chi connectivity index (χ2v) is 6.48. The van der Waals surface area contributed by atoms with Crippen LogP contribution in [0.3, 0.4) is 0 Å². The van der Waals surface area contributed by atoms with Crippen molar-refractivity contribution in [1.82, 2.24) is 10.3 Å². The van der Waals surface area contributed by atoms with Gasteiger partial charge in [-0.3, -0.25) is 9.59 Å². The molecule has 2 aliphatic rings. The topological polar surface area (TPSA) is 71.1 Å². The van der Waals surface area contributed by atoms with Crippen LogP contribution in [0.2, 0.25) is 0 Å². The Morgan fingerprint density at radius 3 is 2.85 bits per heavy atom. The van der Waals surface area contributed by atoms with E-state index >= 15 is 0 Å². The summed E-state index contributed by atoms with van der Waals surface area (Å²) in [5, 5.41) is 6.32. The van der Waals surface area contributed by atoms with Crippen LogP contribution in [0.15, 0.2) is 0 Å². The van der Waals surface area contributed by atoms with E-state index in [2.05, 4.69) is 15.6 Å². The third kappa shape index (κ3) is 2.85. The monoisotopic (exact) mass is 293 g/mol. The molecule has 2 N–H and O–H groups in total. The number of hydrogen-bond acceptors (Lipinski definition) is 4. The van der Waals surface area contributed by atoms with Gasteiger partial charge in [-0.25, -0.2) is 4.98 Å². The van der Waals surface area contributed by atoms with Crippen molar-refractivity contribution in [2.45, 2.75) is 44.9 Å². The first kappa shape index (κ1) is 13.5. The molecule has 0 atom stereocenters. The fourth-order valence-corrected chi connectivity index (χ4v) is 3.79. The van der Waals surface area contributed by atoms with Crippen LogP contribution in [0.5, 0.6) is 0 Å². The number of anilines is 1. The van der Waals surface area contributed by atoms with Gasteiger partial charge in [-0.2, -0.15) is 0 Å². The van der Waals surface area contributed by atoms with Gasteiger partial charge in [-0.15, -0.1) is 0 Å². The maximum absolute atomic E-state index is 12.2. The molecule has 0 spiro atoms. The van der Waals surface area contributed by atoms with Crippen molar-refractivity contribution in [2.24, 2.45) is 5.92 Å². The molecule has 1 aromatic heterocycles. The summed E-state index contributed by atoms with van der Waals surface area (Å²) in [6.07, 6.45) is 7.14. The van der Waals surface area contributed by atoms with E-state index in [0.29, 0.717) is 16.6 Å². The van der Waals surface area contributed by atoms with E-state index in [1.165, 1.54) is 17.8 Å². The van der Waals surface area contributed by atoms with E-state index in [4.69, 9.17) is 0 Å². The fourth-order valence-electron chi connectivity index (χ4n) is 2.86. The molecule has 0 aromatic carbocycles. The molecular formula is C14H19N3O2S. The Kier molecular flexibility index (Phi) is 4.00. The normalized spacial score (nSPS) is 19.9. The van der Waals surface area contributed by atoms with Crippen LogP contribution in [-0.4, -0.2) is 23.3 Å². The number of nitrogens with one attached hydrogen (secondary N) is 2. The molecule has 2 heterocycles. The zero-order valence-corrected chi connectivity index (χ0v) is 12.2. The molecular weight excluding hydrogens is 274 g/mol. The summed E-state index contributed by atoms with van der Waals surface area (Å²) in [4.78, 5) is 29.1. The molecule has 1 fully saturated rings. The van der Waals surface area contributed by atoms with Crippen molar-refractivity contribution < 1.29 is 9.59 Å². The Hall–Kier alpha value is -1.43. The summed E-state index contributed by atoms with van der Waals surface area (Å²) < 4.78 is 0. The smallest absolute Gasteiger partial charge is 0.263 e. The van der Waals surface area contributed by atoms with Crippen LogP contribution < -0.4 is 10.6 Å². The summed E-state index contributed by atoms with van der Waals surface area (Å²) in [5.74, 6) is 0.114. The van der Waals surface area contributed by atoms with Crippen molar-refractivity contribution in [3.8, 4) is 0 Å². The minimum Gasteiger partial charge on any atom is -0.351 e. The number of hydrogen-bond donors (Lipinski definition) is 2. The number of aryl methyl sites for hydroxylation is 1. The van der Waals surface area contributed by atoms with E-state index in [1.807, 2.05) is 0 Å². The van der Waals surface area contributed by atoms with Gasteiger partial charge in [0.05, 0.1) is 5.69 Å². The predicted molar refractivity (Wildman–Crippen MR) is 78.0 cm³/mol. The summed E-state index contributed by atoms with van der Waals surface area (Å²) in [6, 6.07) is 0. The number of carbonyl (C=O) groups excluding carboxylic acids is 2. The highest BCUT2D eigenvalue weighted by Crippen LogP contribution is 2.28.